The Morgan fingerprint density at radius 2 is 1.95 bits per heavy atom. The molecule has 0 aliphatic carbocycles. The van der Waals surface area contributed by atoms with Gasteiger partial charge in [-0.2, -0.15) is 4.59 Å². The first-order chi connectivity index (χ1) is 9.84. The molecular formula is C15H24N3O3+. The highest BCUT2D eigenvalue weighted by molar-refractivity contribution is 5.94. The second-order valence-corrected chi connectivity index (χ2v) is 6.05. The Bertz CT molecular complexity index is 506. The van der Waals surface area contributed by atoms with Gasteiger partial charge in [-0.1, -0.05) is 5.10 Å². The first-order valence-electron chi connectivity index (χ1n) is 7.47. The minimum Gasteiger partial charge on any atom is -0.477 e. The van der Waals surface area contributed by atoms with Gasteiger partial charge in [-0.05, 0) is 26.2 Å². The molecule has 2 rings (SSSR count). The fraction of sp³-hybridized carbons (Fsp3) is 0.667. The number of aliphatic carboxylic acids is 1. The number of allylic oxidation sites excluding steroid dienone is 2. The van der Waals surface area contributed by atoms with E-state index >= 15 is 0 Å². The number of carbonyl (C=O) groups is 2. The lowest BCUT2D eigenvalue weighted by Crippen LogP contribution is -2.52. The summed E-state index contributed by atoms with van der Waals surface area (Å²) in [6.45, 7) is 5.19. The fourth-order valence-corrected chi connectivity index (χ4v) is 3.10. The van der Waals surface area contributed by atoms with Crippen LogP contribution in [-0.2, 0) is 9.59 Å². The summed E-state index contributed by atoms with van der Waals surface area (Å²) in [5.41, 5.74) is 1.65. The molecule has 0 spiro atoms. The zero-order valence-electron chi connectivity index (χ0n) is 13.0. The number of amides is 1. The number of quaternary nitrogens is 1. The van der Waals surface area contributed by atoms with Gasteiger partial charge in [0.2, 0.25) is 11.9 Å². The largest absolute Gasteiger partial charge is 0.477 e. The van der Waals surface area contributed by atoms with E-state index in [1.807, 2.05) is 19.9 Å². The van der Waals surface area contributed by atoms with E-state index in [9.17, 15) is 14.7 Å². The second-order valence-electron chi connectivity index (χ2n) is 6.05. The minimum atomic E-state index is -0.978. The van der Waals surface area contributed by atoms with Crippen molar-refractivity contribution in [1.29, 1.82) is 0 Å². The first kappa shape index (κ1) is 15.7. The molecule has 6 heteroatoms. The minimum absolute atomic E-state index is 0.00616. The number of likely N-dealkylation sites (N-methyl/N-ethyl adjacent to an activating group) is 1. The fourth-order valence-electron chi connectivity index (χ4n) is 3.10. The average Bonchev–Trinajstić information content (AvgIpc) is 2.70. The molecule has 1 unspecified atom stereocenters. The number of piperidine rings is 1. The van der Waals surface area contributed by atoms with Crippen LogP contribution in [-0.4, -0.2) is 58.4 Å². The Balaban J connectivity index is 2.15. The Hall–Kier alpha value is -1.69. The Morgan fingerprint density at radius 3 is 2.43 bits per heavy atom. The van der Waals surface area contributed by atoms with Crippen LogP contribution in [0.15, 0.2) is 16.9 Å². The van der Waals surface area contributed by atoms with Crippen molar-refractivity contribution in [2.45, 2.75) is 45.6 Å². The normalized spacial score (nSPS) is 27.1. The van der Waals surface area contributed by atoms with E-state index in [0.717, 1.165) is 43.8 Å². The zero-order chi connectivity index (χ0) is 15.6. The van der Waals surface area contributed by atoms with Gasteiger partial charge in [-0.3, -0.25) is 4.79 Å². The van der Waals surface area contributed by atoms with Gasteiger partial charge in [0.25, 0.3) is 0 Å². The molecule has 1 N–H and O–H groups in total. The molecule has 1 fully saturated rings. The van der Waals surface area contributed by atoms with E-state index in [4.69, 9.17) is 0 Å². The molecule has 6 nitrogen and oxygen atoms in total. The lowest BCUT2D eigenvalue weighted by atomic mass is 10.1. The number of carbonyl (C=O) groups excluding carboxylic acids is 1. The molecule has 1 amide bonds. The third-order valence-corrected chi connectivity index (χ3v) is 4.47. The van der Waals surface area contributed by atoms with Crippen LogP contribution in [0.4, 0.5) is 0 Å². The highest BCUT2D eigenvalue weighted by Crippen LogP contribution is 2.28. The van der Waals surface area contributed by atoms with Gasteiger partial charge in [0.15, 0.2) is 0 Å². The van der Waals surface area contributed by atoms with Crippen molar-refractivity contribution < 1.29 is 19.3 Å². The molecule has 21 heavy (non-hydrogen) atoms. The number of carboxylic acid groups (broad SMARTS) is 1. The molecule has 2 aliphatic rings. The van der Waals surface area contributed by atoms with Gasteiger partial charge >= 0.3 is 5.97 Å². The van der Waals surface area contributed by atoms with Crippen LogP contribution >= 0.6 is 0 Å². The lowest BCUT2D eigenvalue weighted by molar-refractivity contribution is -0.892. The maximum atomic E-state index is 12.4. The SMILES string of the molecule is CC1=CC(C)=N[N+]1(C)[C@@H](CC(=O)N1CCCCC1)C(=O)O. The van der Waals surface area contributed by atoms with Crippen LogP contribution in [0.2, 0.25) is 0 Å². The third kappa shape index (κ3) is 3.15. The van der Waals surface area contributed by atoms with Crippen molar-refractivity contribution in [1.82, 2.24) is 4.90 Å². The van der Waals surface area contributed by atoms with Crippen LogP contribution in [0.1, 0.15) is 39.5 Å². The summed E-state index contributed by atoms with van der Waals surface area (Å²) in [7, 11) is 1.75. The van der Waals surface area contributed by atoms with Gasteiger partial charge in [-0.15, -0.1) is 0 Å². The maximum Gasteiger partial charge on any atom is 0.366 e. The number of hydrogen-bond donors (Lipinski definition) is 1. The summed E-state index contributed by atoms with van der Waals surface area (Å²) in [6, 6.07) is -0.867. The molecule has 0 aromatic carbocycles. The molecule has 0 aromatic heterocycles. The summed E-state index contributed by atoms with van der Waals surface area (Å²) in [5, 5.41) is 14.0. The number of likely N-dealkylation sites (tertiary alicyclic amines) is 1. The van der Waals surface area contributed by atoms with E-state index in [2.05, 4.69) is 5.10 Å². The lowest BCUT2D eigenvalue weighted by Gasteiger charge is -2.33. The summed E-state index contributed by atoms with van der Waals surface area (Å²) in [4.78, 5) is 25.9. The first-order valence-corrected chi connectivity index (χ1v) is 7.47. The van der Waals surface area contributed by atoms with Gasteiger partial charge in [0, 0.05) is 26.1 Å². The summed E-state index contributed by atoms with van der Waals surface area (Å²) in [5.74, 6) is -1.05. The molecule has 0 aromatic rings. The number of carboxylic acids is 1. The van der Waals surface area contributed by atoms with Gasteiger partial charge in [0.1, 0.15) is 5.70 Å². The van der Waals surface area contributed by atoms with E-state index < -0.39 is 12.0 Å². The number of hydrogen-bond acceptors (Lipinski definition) is 3. The molecular weight excluding hydrogens is 270 g/mol. The smallest absolute Gasteiger partial charge is 0.366 e. The molecule has 0 saturated carbocycles. The standard InChI is InChI=1S/C15H23N3O3/c1-11-9-12(2)18(3,16-11)13(15(20)21)10-14(19)17-7-5-4-6-8-17/h9,13H,4-8,10H2,1-3H3/p+1/t13-,18?/m0/s1. The second kappa shape index (κ2) is 5.97. The van der Waals surface area contributed by atoms with Crippen molar-refractivity contribution in [2.24, 2.45) is 5.10 Å². The Kier molecular flexibility index (Phi) is 4.46. The summed E-state index contributed by atoms with van der Waals surface area (Å²) >= 11 is 0. The van der Waals surface area contributed by atoms with E-state index in [1.165, 1.54) is 0 Å². The molecule has 2 atom stereocenters. The van der Waals surface area contributed by atoms with Crippen LogP contribution in [0.5, 0.6) is 0 Å². The Labute approximate surface area is 125 Å². The van der Waals surface area contributed by atoms with Crippen molar-refractivity contribution in [3.8, 4) is 0 Å². The number of rotatable bonds is 4. The predicted molar refractivity (Wildman–Crippen MR) is 79.5 cm³/mol. The Morgan fingerprint density at radius 1 is 1.33 bits per heavy atom. The highest BCUT2D eigenvalue weighted by atomic mass is 16.4. The van der Waals surface area contributed by atoms with Crippen molar-refractivity contribution in [3.05, 3.63) is 11.8 Å². The quantitative estimate of drug-likeness (QED) is 0.800. The molecule has 2 aliphatic heterocycles. The number of nitrogens with zero attached hydrogens (tertiary/aromatic N) is 3. The monoisotopic (exact) mass is 294 g/mol. The topological polar surface area (TPSA) is 70.0 Å². The van der Waals surface area contributed by atoms with Crippen LogP contribution < -0.4 is 0 Å². The van der Waals surface area contributed by atoms with E-state index in [1.54, 1.807) is 11.9 Å². The van der Waals surface area contributed by atoms with E-state index in [-0.39, 0.29) is 16.9 Å². The maximum absolute atomic E-state index is 12.4. The summed E-state index contributed by atoms with van der Waals surface area (Å²) < 4.78 is -0.0548. The van der Waals surface area contributed by atoms with Crippen LogP contribution in [0, 0.1) is 0 Å². The van der Waals surface area contributed by atoms with Gasteiger partial charge in [-0.25, -0.2) is 4.79 Å². The van der Waals surface area contributed by atoms with Gasteiger partial charge in [0.05, 0.1) is 19.2 Å². The molecule has 116 valence electrons. The molecule has 1 saturated heterocycles. The molecule has 2 heterocycles. The predicted octanol–water partition coefficient (Wildman–Crippen LogP) is 1.58. The van der Waals surface area contributed by atoms with Crippen LogP contribution in [0.25, 0.3) is 0 Å². The molecule has 0 bridgehead atoms. The molecule has 0 radical (unpaired) electrons. The van der Waals surface area contributed by atoms with E-state index in [0.29, 0.717) is 0 Å². The summed E-state index contributed by atoms with van der Waals surface area (Å²) in [6.07, 6.45) is 5.03. The highest BCUT2D eigenvalue weighted by Gasteiger charge is 2.45. The van der Waals surface area contributed by atoms with Crippen molar-refractivity contribution in [3.63, 3.8) is 0 Å². The zero-order valence-corrected chi connectivity index (χ0v) is 13.0. The average molecular weight is 294 g/mol. The third-order valence-electron chi connectivity index (χ3n) is 4.47. The van der Waals surface area contributed by atoms with Crippen LogP contribution in [0.3, 0.4) is 0 Å². The van der Waals surface area contributed by atoms with Crippen molar-refractivity contribution in [2.75, 3.05) is 20.1 Å². The van der Waals surface area contributed by atoms with Gasteiger partial charge < -0.3 is 10.0 Å². The van der Waals surface area contributed by atoms with Crippen molar-refractivity contribution >= 4 is 17.6 Å².